The molecule has 0 spiro atoms. The molecule has 6 heteroatoms. The van der Waals surface area contributed by atoms with Gasteiger partial charge in [-0.3, -0.25) is 4.72 Å². The van der Waals surface area contributed by atoms with Crippen molar-refractivity contribution in [3.05, 3.63) is 54.1 Å². The zero-order valence-electron chi connectivity index (χ0n) is 12.7. The Hall–Kier alpha value is -2.05. The van der Waals surface area contributed by atoms with E-state index in [2.05, 4.69) is 9.44 Å². The van der Waals surface area contributed by atoms with Crippen LogP contribution in [0.5, 0.6) is 11.5 Å². The molecule has 0 aliphatic rings. The molecule has 0 unspecified atom stereocenters. The summed E-state index contributed by atoms with van der Waals surface area (Å²) < 4.78 is 34.7. The van der Waals surface area contributed by atoms with E-state index in [1.807, 2.05) is 38.1 Å². The van der Waals surface area contributed by atoms with E-state index in [-0.39, 0.29) is 0 Å². The third-order valence-corrected chi connectivity index (χ3v) is 4.06. The fourth-order valence-electron chi connectivity index (χ4n) is 1.85. The van der Waals surface area contributed by atoms with E-state index in [9.17, 15) is 8.42 Å². The average Bonchev–Trinajstić information content (AvgIpc) is 2.49. The summed E-state index contributed by atoms with van der Waals surface area (Å²) in [5, 5.41) is 0. The van der Waals surface area contributed by atoms with Crippen LogP contribution >= 0.6 is 0 Å². The second kappa shape index (κ2) is 7.29. The van der Waals surface area contributed by atoms with Crippen molar-refractivity contribution in [2.75, 3.05) is 11.3 Å². The van der Waals surface area contributed by atoms with Gasteiger partial charge >= 0.3 is 0 Å². The molecule has 2 aromatic carbocycles. The number of anilines is 1. The standard InChI is InChI=1S/C16H20N2O3S/c1-3-12-17-22(19,20)18-14-9-5-7-11-16(14)21-15-10-6-4-8-13(15)2/h4-11,17-18H,3,12H2,1-2H3. The van der Waals surface area contributed by atoms with Crippen molar-refractivity contribution < 1.29 is 13.2 Å². The van der Waals surface area contributed by atoms with Gasteiger partial charge in [0.25, 0.3) is 10.2 Å². The summed E-state index contributed by atoms with van der Waals surface area (Å²) in [6.07, 6.45) is 0.724. The zero-order valence-corrected chi connectivity index (χ0v) is 13.5. The molecule has 0 saturated carbocycles. The van der Waals surface area contributed by atoms with E-state index in [1.165, 1.54) is 0 Å². The molecular formula is C16H20N2O3S. The Labute approximate surface area is 131 Å². The van der Waals surface area contributed by atoms with Crippen LogP contribution in [0.1, 0.15) is 18.9 Å². The number of para-hydroxylation sites is 3. The second-order valence-corrected chi connectivity index (χ2v) is 6.36. The second-order valence-electron chi connectivity index (χ2n) is 4.86. The lowest BCUT2D eigenvalue weighted by molar-refractivity contribution is 0.481. The lowest BCUT2D eigenvalue weighted by Gasteiger charge is -2.14. The molecule has 0 bridgehead atoms. The van der Waals surface area contributed by atoms with Crippen molar-refractivity contribution in [3.8, 4) is 11.5 Å². The third kappa shape index (κ3) is 4.47. The minimum absolute atomic E-state index is 0.385. The molecule has 5 nitrogen and oxygen atoms in total. The van der Waals surface area contributed by atoms with Gasteiger partial charge in [0.15, 0.2) is 5.75 Å². The van der Waals surface area contributed by atoms with Crippen LogP contribution in [0.25, 0.3) is 0 Å². The van der Waals surface area contributed by atoms with Crippen molar-refractivity contribution in [1.82, 2.24) is 4.72 Å². The summed E-state index contributed by atoms with van der Waals surface area (Å²) in [5.41, 5.74) is 1.37. The first-order valence-corrected chi connectivity index (χ1v) is 8.60. The molecular weight excluding hydrogens is 300 g/mol. The summed E-state index contributed by atoms with van der Waals surface area (Å²) in [4.78, 5) is 0. The first kappa shape index (κ1) is 16.3. The molecule has 0 saturated heterocycles. The predicted octanol–water partition coefficient (Wildman–Crippen LogP) is 3.44. The maximum atomic E-state index is 12.0. The van der Waals surface area contributed by atoms with Crippen LogP contribution in [0, 0.1) is 6.92 Å². The van der Waals surface area contributed by atoms with Gasteiger partial charge in [0.1, 0.15) is 5.75 Å². The number of rotatable bonds is 7. The van der Waals surface area contributed by atoms with Crippen LogP contribution in [-0.4, -0.2) is 15.0 Å². The Bertz CT molecular complexity index is 730. The largest absolute Gasteiger partial charge is 0.455 e. The van der Waals surface area contributed by atoms with Gasteiger partial charge in [-0.1, -0.05) is 37.3 Å². The topological polar surface area (TPSA) is 67.4 Å². The van der Waals surface area contributed by atoms with Crippen molar-refractivity contribution in [2.24, 2.45) is 0 Å². The molecule has 0 aliphatic heterocycles. The van der Waals surface area contributed by atoms with Gasteiger partial charge in [-0.05, 0) is 37.1 Å². The lowest BCUT2D eigenvalue weighted by atomic mass is 10.2. The number of hydrogen-bond acceptors (Lipinski definition) is 3. The average molecular weight is 320 g/mol. The molecule has 118 valence electrons. The van der Waals surface area contributed by atoms with Gasteiger partial charge in [0, 0.05) is 6.54 Å². The fraction of sp³-hybridized carbons (Fsp3) is 0.250. The van der Waals surface area contributed by atoms with Gasteiger partial charge in [-0.25, -0.2) is 0 Å². The lowest BCUT2D eigenvalue weighted by Crippen LogP contribution is -2.30. The van der Waals surface area contributed by atoms with Crippen molar-refractivity contribution >= 4 is 15.9 Å². The van der Waals surface area contributed by atoms with Crippen LogP contribution in [-0.2, 0) is 10.2 Å². The molecule has 0 radical (unpaired) electrons. The fourth-order valence-corrected chi connectivity index (χ4v) is 2.85. The summed E-state index contributed by atoms with van der Waals surface area (Å²) in [5.74, 6) is 1.15. The SMILES string of the molecule is CCCNS(=O)(=O)Nc1ccccc1Oc1ccccc1C. The van der Waals surface area contributed by atoms with E-state index < -0.39 is 10.2 Å². The van der Waals surface area contributed by atoms with Gasteiger partial charge < -0.3 is 4.74 Å². The highest BCUT2D eigenvalue weighted by atomic mass is 32.2. The first-order valence-electron chi connectivity index (χ1n) is 7.12. The number of aryl methyl sites for hydroxylation is 1. The van der Waals surface area contributed by atoms with Crippen LogP contribution in [0.2, 0.25) is 0 Å². The van der Waals surface area contributed by atoms with E-state index in [4.69, 9.17) is 4.74 Å². The van der Waals surface area contributed by atoms with Crippen molar-refractivity contribution in [3.63, 3.8) is 0 Å². The van der Waals surface area contributed by atoms with Crippen molar-refractivity contribution in [2.45, 2.75) is 20.3 Å². The van der Waals surface area contributed by atoms with Gasteiger partial charge in [0.05, 0.1) is 5.69 Å². The minimum atomic E-state index is -3.60. The highest BCUT2D eigenvalue weighted by molar-refractivity contribution is 7.90. The molecule has 0 aliphatic carbocycles. The molecule has 0 atom stereocenters. The van der Waals surface area contributed by atoms with Gasteiger partial charge in [-0.2, -0.15) is 13.1 Å². The molecule has 2 N–H and O–H groups in total. The maximum absolute atomic E-state index is 12.0. The first-order chi connectivity index (χ1) is 10.5. The predicted molar refractivity (Wildman–Crippen MR) is 88.5 cm³/mol. The third-order valence-electron chi connectivity index (χ3n) is 2.99. The highest BCUT2D eigenvalue weighted by Crippen LogP contribution is 2.31. The Morgan fingerprint density at radius 2 is 1.64 bits per heavy atom. The smallest absolute Gasteiger partial charge is 0.299 e. The Balaban J connectivity index is 2.22. The van der Waals surface area contributed by atoms with Gasteiger partial charge in [-0.15, -0.1) is 0 Å². The van der Waals surface area contributed by atoms with Gasteiger partial charge in [0.2, 0.25) is 0 Å². The number of hydrogen-bond donors (Lipinski definition) is 2. The summed E-state index contributed by atoms with van der Waals surface area (Å²) >= 11 is 0. The Kier molecular flexibility index (Phi) is 5.41. The number of nitrogens with one attached hydrogen (secondary N) is 2. The van der Waals surface area contributed by atoms with E-state index >= 15 is 0 Å². The van der Waals surface area contributed by atoms with Crippen molar-refractivity contribution in [1.29, 1.82) is 0 Å². The Morgan fingerprint density at radius 1 is 1.00 bits per heavy atom. The number of ether oxygens (including phenoxy) is 1. The van der Waals surface area contributed by atoms with Crippen LogP contribution < -0.4 is 14.2 Å². The quantitative estimate of drug-likeness (QED) is 0.821. The Morgan fingerprint density at radius 3 is 2.32 bits per heavy atom. The van der Waals surface area contributed by atoms with Crippen LogP contribution in [0.15, 0.2) is 48.5 Å². The van der Waals surface area contributed by atoms with Crippen LogP contribution in [0.3, 0.4) is 0 Å². The summed E-state index contributed by atoms with van der Waals surface area (Å²) in [6.45, 7) is 4.22. The molecule has 2 aromatic rings. The monoisotopic (exact) mass is 320 g/mol. The summed E-state index contributed by atoms with van der Waals surface area (Å²) in [6, 6.07) is 14.5. The highest BCUT2D eigenvalue weighted by Gasteiger charge is 2.13. The number of benzene rings is 2. The molecule has 0 fully saturated rings. The van der Waals surface area contributed by atoms with E-state index in [0.29, 0.717) is 23.7 Å². The molecule has 0 heterocycles. The molecule has 0 aromatic heterocycles. The molecule has 2 rings (SSSR count). The minimum Gasteiger partial charge on any atom is -0.455 e. The maximum Gasteiger partial charge on any atom is 0.299 e. The van der Waals surface area contributed by atoms with E-state index in [0.717, 1.165) is 12.0 Å². The van der Waals surface area contributed by atoms with Crippen LogP contribution in [0.4, 0.5) is 5.69 Å². The summed E-state index contributed by atoms with van der Waals surface area (Å²) in [7, 11) is -3.60. The van der Waals surface area contributed by atoms with E-state index in [1.54, 1.807) is 24.3 Å². The molecule has 22 heavy (non-hydrogen) atoms. The normalized spacial score (nSPS) is 11.2. The molecule has 0 amide bonds. The zero-order chi connectivity index (χ0) is 16.0.